The van der Waals surface area contributed by atoms with E-state index in [0.717, 1.165) is 33.3 Å². The highest BCUT2D eigenvalue weighted by atomic mass is 32.2. The Bertz CT molecular complexity index is 2000. The highest BCUT2D eigenvalue weighted by Gasteiger charge is 2.28. The van der Waals surface area contributed by atoms with Crippen LogP contribution in [0.5, 0.6) is 11.5 Å². The van der Waals surface area contributed by atoms with Crippen molar-refractivity contribution in [2.24, 2.45) is 0 Å². The predicted octanol–water partition coefficient (Wildman–Crippen LogP) is 3.49. The summed E-state index contributed by atoms with van der Waals surface area (Å²) in [5, 5.41) is 5.67. The molecule has 0 atom stereocenters. The second-order valence-corrected chi connectivity index (χ2v) is 12.7. The van der Waals surface area contributed by atoms with Crippen molar-refractivity contribution >= 4 is 66.7 Å². The molecular weight excluding hydrogens is 615 g/mol. The van der Waals surface area contributed by atoms with Gasteiger partial charge in [0.15, 0.2) is 16.6 Å². The minimum absolute atomic E-state index is 0.0266. The van der Waals surface area contributed by atoms with Crippen molar-refractivity contribution in [2.45, 2.75) is 11.8 Å². The third-order valence-electron chi connectivity index (χ3n) is 7.75. The number of nitrogens with zero attached hydrogens (tertiary/aromatic N) is 3. The number of piperazine rings is 1. The number of ether oxygens (including phenoxy) is 2. The van der Waals surface area contributed by atoms with E-state index in [-0.39, 0.29) is 10.5 Å². The summed E-state index contributed by atoms with van der Waals surface area (Å²) < 4.78 is 38.7. The molecule has 1 saturated heterocycles. The molecular formula is C31H32N7O5S2+. The molecule has 1 aliphatic heterocycles. The highest BCUT2D eigenvalue weighted by Crippen LogP contribution is 2.37. The number of carbonyl (C=O) groups excluding carboxylic acids is 1. The quantitative estimate of drug-likeness (QED) is 0.225. The number of hydrogen-bond donors (Lipinski definition) is 3. The van der Waals surface area contributed by atoms with E-state index < -0.39 is 15.9 Å². The molecule has 1 fully saturated rings. The number of anilines is 2. The summed E-state index contributed by atoms with van der Waals surface area (Å²) in [6.45, 7) is 4.63. The maximum Gasteiger partial charge on any atom is 0.264 e. The molecule has 0 bridgehead atoms. The van der Waals surface area contributed by atoms with Crippen LogP contribution in [0.2, 0.25) is 0 Å². The van der Waals surface area contributed by atoms with Crippen molar-refractivity contribution in [1.82, 2.24) is 19.6 Å². The number of nitrogens with one attached hydrogen (secondary N) is 4. The van der Waals surface area contributed by atoms with Gasteiger partial charge in [0.2, 0.25) is 17.8 Å². The molecule has 232 valence electrons. The van der Waals surface area contributed by atoms with E-state index in [9.17, 15) is 13.2 Å². The number of methoxy groups -OCH3 is 2. The normalized spacial score (nSPS) is 13.6. The van der Waals surface area contributed by atoms with Crippen molar-refractivity contribution < 1.29 is 27.7 Å². The van der Waals surface area contributed by atoms with Gasteiger partial charge in [-0.05, 0) is 61.6 Å². The average Bonchev–Trinajstić information content (AvgIpc) is 3.42. The lowest BCUT2D eigenvalue weighted by atomic mass is 10.1. The molecule has 3 aromatic carbocycles. The molecule has 1 amide bonds. The molecule has 0 radical (unpaired) electrons. The second kappa shape index (κ2) is 12.2. The zero-order valence-electron chi connectivity index (χ0n) is 24.9. The predicted molar refractivity (Wildman–Crippen MR) is 176 cm³/mol. The number of fused-ring (bicyclic) bond motifs is 3. The minimum Gasteiger partial charge on any atom is -0.493 e. The molecule has 1 aliphatic rings. The molecule has 2 aromatic heterocycles. The topological polar surface area (TPSA) is 143 Å². The first kappa shape index (κ1) is 30.1. The van der Waals surface area contributed by atoms with Gasteiger partial charge in [-0.15, -0.1) is 0 Å². The van der Waals surface area contributed by atoms with Gasteiger partial charge >= 0.3 is 0 Å². The zero-order valence-corrected chi connectivity index (χ0v) is 26.5. The minimum atomic E-state index is -4.05. The molecule has 6 rings (SSSR count). The Hall–Kier alpha value is -4.95. The maximum absolute atomic E-state index is 12.8. The number of aromatic nitrogens is 3. The van der Waals surface area contributed by atoms with Gasteiger partial charge in [-0.25, -0.2) is 18.1 Å². The maximum atomic E-state index is 12.8. The number of H-pyrrole nitrogens is 2. The molecule has 0 unspecified atom stereocenters. The largest absolute Gasteiger partial charge is 0.493 e. The summed E-state index contributed by atoms with van der Waals surface area (Å²) in [4.78, 5) is 28.0. The van der Waals surface area contributed by atoms with Crippen LogP contribution in [0.15, 0.2) is 71.9 Å². The summed E-state index contributed by atoms with van der Waals surface area (Å²) in [6, 6.07) is 16.6. The Kier molecular flexibility index (Phi) is 8.16. The van der Waals surface area contributed by atoms with Crippen molar-refractivity contribution in [3.8, 4) is 11.5 Å². The summed E-state index contributed by atoms with van der Waals surface area (Å²) >= 11 is 5.69. The molecule has 12 nitrogen and oxygen atoms in total. The van der Waals surface area contributed by atoms with Crippen LogP contribution < -0.4 is 29.4 Å². The van der Waals surface area contributed by atoms with Gasteiger partial charge in [-0.2, -0.15) is 0 Å². The van der Waals surface area contributed by atoms with Crippen molar-refractivity contribution in [3.63, 3.8) is 0 Å². The number of thiocarbonyl (C=S) groups is 1. The van der Waals surface area contributed by atoms with E-state index in [1.165, 1.54) is 12.1 Å². The lowest BCUT2D eigenvalue weighted by Gasteiger charge is -2.34. The first-order valence-electron chi connectivity index (χ1n) is 14.2. The summed E-state index contributed by atoms with van der Waals surface area (Å²) in [6.07, 6.45) is 1.68. The van der Waals surface area contributed by atoms with Crippen LogP contribution in [0.1, 0.15) is 15.9 Å². The van der Waals surface area contributed by atoms with Gasteiger partial charge in [-0.1, -0.05) is 22.7 Å². The monoisotopic (exact) mass is 646 g/mol. The number of hydrogen-bond acceptors (Lipinski definition) is 8. The van der Waals surface area contributed by atoms with E-state index in [0.29, 0.717) is 48.5 Å². The molecule has 0 saturated carbocycles. The standard InChI is InChI=1S/C31H31N7O5S2/c1-19-4-6-20(7-5-19)30(39)36-45(40,41)22-10-8-21(9-11-22)34-31(44)38-14-12-37(13-15-38)29-27-23-16-25(42-2)26(43-3)17-24(23)35-28(27)32-18-33-29/h4-11,16-18H,12-15H2,1-3H3,(H,34,44)(H,36,39)(H,32,33,35)/p+1. The lowest BCUT2D eigenvalue weighted by molar-refractivity contribution is -0.367. The second-order valence-electron chi connectivity index (χ2n) is 10.6. The fourth-order valence-corrected chi connectivity index (χ4v) is 6.60. The Labute approximate surface area is 265 Å². The van der Waals surface area contributed by atoms with Gasteiger partial charge in [0.1, 0.15) is 5.39 Å². The Balaban J connectivity index is 1.10. The molecule has 14 heteroatoms. The number of aromatic amines is 2. The molecule has 0 spiro atoms. The third-order valence-corrected chi connectivity index (χ3v) is 9.46. The van der Waals surface area contributed by atoms with Crippen LogP contribution in [0.25, 0.3) is 21.9 Å². The summed E-state index contributed by atoms with van der Waals surface area (Å²) in [5.74, 6) is 1.54. The number of benzene rings is 3. The Morgan fingerprint density at radius 2 is 1.64 bits per heavy atom. The third kappa shape index (κ3) is 6.06. The molecule has 0 aliphatic carbocycles. The van der Waals surface area contributed by atoms with E-state index in [1.54, 1.807) is 56.9 Å². The van der Waals surface area contributed by atoms with Gasteiger partial charge in [0.25, 0.3) is 15.9 Å². The van der Waals surface area contributed by atoms with E-state index in [4.69, 9.17) is 21.7 Å². The molecule has 5 aromatic rings. The molecule has 45 heavy (non-hydrogen) atoms. The zero-order chi connectivity index (χ0) is 31.7. The van der Waals surface area contributed by atoms with Crippen LogP contribution in [-0.4, -0.2) is 74.7 Å². The van der Waals surface area contributed by atoms with Crippen LogP contribution in [-0.2, 0) is 10.0 Å². The number of amides is 1. The fourth-order valence-electron chi connectivity index (χ4n) is 5.32. The van der Waals surface area contributed by atoms with Crippen LogP contribution in [0.4, 0.5) is 11.5 Å². The SMILES string of the molecule is COc1cc2[nH]c3nc[nH+]c(N4CCN(C(=S)Nc5ccc(S(=O)(=O)NC(=O)c6ccc(C)cc6)cc5)CC4)c3c2cc1OC. The Morgan fingerprint density at radius 1 is 0.978 bits per heavy atom. The van der Waals surface area contributed by atoms with Gasteiger partial charge in [-0.3, -0.25) is 9.69 Å². The highest BCUT2D eigenvalue weighted by molar-refractivity contribution is 7.90. The smallest absolute Gasteiger partial charge is 0.264 e. The summed E-state index contributed by atoms with van der Waals surface area (Å²) in [7, 11) is -0.825. The molecule has 4 N–H and O–H groups in total. The summed E-state index contributed by atoms with van der Waals surface area (Å²) in [5.41, 5.74) is 3.53. The number of sulfonamides is 1. The Morgan fingerprint density at radius 3 is 2.31 bits per heavy atom. The molecule has 3 heterocycles. The van der Waals surface area contributed by atoms with Crippen LogP contribution in [0.3, 0.4) is 0 Å². The first-order chi connectivity index (χ1) is 21.7. The van der Waals surface area contributed by atoms with E-state index in [1.807, 2.05) is 19.1 Å². The van der Waals surface area contributed by atoms with Crippen LogP contribution in [0, 0.1) is 6.92 Å². The number of aryl methyl sites for hydroxylation is 1. The average molecular weight is 647 g/mol. The van der Waals surface area contributed by atoms with Gasteiger partial charge < -0.3 is 24.7 Å². The number of rotatable bonds is 7. The first-order valence-corrected chi connectivity index (χ1v) is 16.0. The van der Waals surface area contributed by atoms with Gasteiger partial charge in [0, 0.05) is 22.7 Å². The van der Waals surface area contributed by atoms with Crippen LogP contribution >= 0.6 is 12.2 Å². The van der Waals surface area contributed by atoms with E-state index in [2.05, 4.69) is 34.8 Å². The van der Waals surface area contributed by atoms with Gasteiger partial charge in [0.05, 0.1) is 50.8 Å². The van der Waals surface area contributed by atoms with Crippen molar-refractivity contribution in [3.05, 3.63) is 78.1 Å². The van der Waals surface area contributed by atoms with Crippen molar-refractivity contribution in [2.75, 3.05) is 50.6 Å². The van der Waals surface area contributed by atoms with Crippen molar-refractivity contribution in [1.29, 1.82) is 0 Å². The van der Waals surface area contributed by atoms with E-state index >= 15 is 0 Å². The fraction of sp³-hybridized carbons (Fsp3) is 0.226. The lowest BCUT2D eigenvalue weighted by Crippen LogP contribution is -2.51. The number of carbonyl (C=O) groups is 1.